The number of aliphatic hydroxyl groups is 1. The summed E-state index contributed by atoms with van der Waals surface area (Å²) in [5.41, 5.74) is 3.30. The smallest absolute Gasteiger partial charge is 0.243 e. The minimum atomic E-state index is -0.539. The number of aliphatic hydroxyl groups excluding tert-OH is 1. The van der Waals surface area contributed by atoms with Crippen molar-refractivity contribution >= 4 is 5.91 Å². The van der Waals surface area contributed by atoms with Gasteiger partial charge >= 0.3 is 0 Å². The molecule has 4 rings (SSSR count). The molecular weight excluding hydrogens is 336 g/mol. The quantitative estimate of drug-likeness (QED) is 0.885. The van der Waals surface area contributed by atoms with E-state index in [1.807, 2.05) is 11.0 Å². The van der Waals surface area contributed by atoms with Gasteiger partial charge in [-0.15, -0.1) is 0 Å². The maximum atomic E-state index is 13.6. The number of amides is 1. The monoisotopic (exact) mass is 364 g/mol. The van der Waals surface area contributed by atoms with Gasteiger partial charge in [0.15, 0.2) is 0 Å². The Morgan fingerprint density at radius 2 is 1.74 bits per heavy atom. The van der Waals surface area contributed by atoms with Gasteiger partial charge in [0.2, 0.25) is 5.91 Å². The summed E-state index contributed by atoms with van der Waals surface area (Å²) in [6, 6.07) is 18.9. The highest BCUT2D eigenvalue weighted by atomic mass is 16.3. The van der Waals surface area contributed by atoms with Gasteiger partial charge in [0, 0.05) is 32.5 Å². The molecule has 0 unspecified atom stereocenters. The molecule has 27 heavy (non-hydrogen) atoms. The van der Waals surface area contributed by atoms with Gasteiger partial charge in [0.05, 0.1) is 6.10 Å². The average molecular weight is 364 g/mol. The summed E-state index contributed by atoms with van der Waals surface area (Å²) in [6.07, 6.45) is 2.72. The third-order valence-corrected chi connectivity index (χ3v) is 6.24. The molecule has 4 nitrogen and oxygen atoms in total. The number of β-amino-alcohol motifs (C(OH)–C–C–N with tert-alkyl or cyclic N) is 1. The molecule has 0 aromatic heterocycles. The zero-order valence-corrected chi connectivity index (χ0v) is 16.0. The number of hydrogen-bond donors (Lipinski definition) is 1. The molecule has 0 bridgehead atoms. The first-order valence-electron chi connectivity index (χ1n) is 9.88. The molecule has 1 saturated heterocycles. The number of likely N-dealkylation sites (N-methyl/N-ethyl adjacent to an activating group) is 1. The van der Waals surface area contributed by atoms with Gasteiger partial charge in [-0.05, 0) is 36.6 Å². The van der Waals surface area contributed by atoms with E-state index in [0.717, 1.165) is 25.8 Å². The lowest BCUT2D eigenvalue weighted by molar-refractivity contribution is -0.142. The maximum Gasteiger partial charge on any atom is 0.243 e. The highest BCUT2D eigenvalue weighted by Crippen LogP contribution is 2.36. The van der Waals surface area contributed by atoms with Gasteiger partial charge in [-0.2, -0.15) is 0 Å². The number of fused-ring (bicyclic) bond motifs is 1. The molecule has 2 aromatic rings. The molecule has 1 atom stereocenters. The molecule has 2 aromatic carbocycles. The maximum absolute atomic E-state index is 13.6. The Morgan fingerprint density at radius 3 is 2.33 bits per heavy atom. The van der Waals surface area contributed by atoms with Crippen LogP contribution in [0.5, 0.6) is 0 Å². The van der Waals surface area contributed by atoms with Crippen molar-refractivity contribution < 1.29 is 9.90 Å². The molecule has 4 heteroatoms. The van der Waals surface area contributed by atoms with Gasteiger partial charge in [0.1, 0.15) is 5.54 Å². The molecule has 1 N–H and O–H groups in total. The van der Waals surface area contributed by atoms with E-state index in [-0.39, 0.29) is 12.0 Å². The van der Waals surface area contributed by atoms with E-state index < -0.39 is 5.54 Å². The van der Waals surface area contributed by atoms with Crippen LogP contribution in [0.25, 0.3) is 0 Å². The molecule has 1 fully saturated rings. The fraction of sp³-hybridized carbons (Fsp3) is 0.435. The Hall–Kier alpha value is -2.17. The fourth-order valence-electron chi connectivity index (χ4n) is 4.56. The minimum absolute atomic E-state index is 0.172. The molecule has 1 aliphatic carbocycles. The lowest BCUT2D eigenvalue weighted by Crippen LogP contribution is -2.59. The summed E-state index contributed by atoms with van der Waals surface area (Å²) in [5.74, 6) is 0.172. The van der Waals surface area contributed by atoms with E-state index in [1.165, 1.54) is 16.7 Å². The van der Waals surface area contributed by atoms with Crippen LogP contribution < -0.4 is 0 Å². The van der Waals surface area contributed by atoms with Crippen LogP contribution in [-0.2, 0) is 24.1 Å². The number of carbonyl (C=O) groups excluding carboxylic acids is 1. The Morgan fingerprint density at radius 1 is 1.11 bits per heavy atom. The van der Waals surface area contributed by atoms with E-state index in [4.69, 9.17) is 0 Å². The molecule has 1 aliphatic heterocycles. The van der Waals surface area contributed by atoms with Crippen LogP contribution in [-0.4, -0.2) is 59.1 Å². The first kappa shape index (κ1) is 18.2. The summed E-state index contributed by atoms with van der Waals surface area (Å²) in [7, 11) is 2.08. The third kappa shape index (κ3) is 3.52. The number of likely N-dealkylation sites (tertiary alicyclic amines) is 1. The highest BCUT2D eigenvalue weighted by Gasteiger charge is 2.49. The van der Waals surface area contributed by atoms with Crippen LogP contribution in [0.15, 0.2) is 54.6 Å². The first-order chi connectivity index (χ1) is 13.1. The van der Waals surface area contributed by atoms with Crippen molar-refractivity contribution in [3.8, 4) is 0 Å². The summed E-state index contributed by atoms with van der Waals surface area (Å²) >= 11 is 0. The Kier molecular flexibility index (Phi) is 5.02. The molecule has 0 spiro atoms. The Balaban J connectivity index is 1.58. The van der Waals surface area contributed by atoms with Crippen molar-refractivity contribution in [2.24, 2.45) is 0 Å². The van der Waals surface area contributed by atoms with Crippen LogP contribution in [0.3, 0.4) is 0 Å². The van der Waals surface area contributed by atoms with E-state index in [2.05, 4.69) is 60.5 Å². The van der Waals surface area contributed by atoms with Crippen LogP contribution in [0, 0.1) is 0 Å². The summed E-state index contributed by atoms with van der Waals surface area (Å²) in [5, 5.41) is 9.93. The largest absolute Gasteiger partial charge is 0.391 e. The van der Waals surface area contributed by atoms with Crippen molar-refractivity contribution in [3.05, 3.63) is 71.3 Å². The number of benzene rings is 2. The number of carbonyl (C=O) groups is 1. The summed E-state index contributed by atoms with van der Waals surface area (Å²) < 4.78 is 0. The number of rotatable bonds is 5. The minimum Gasteiger partial charge on any atom is -0.391 e. The highest BCUT2D eigenvalue weighted by molar-refractivity contribution is 5.88. The topological polar surface area (TPSA) is 43.8 Å². The molecule has 2 aliphatic rings. The number of hydrogen-bond acceptors (Lipinski definition) is 3. The second-order valence-corrected chi connectivity index (χ2v) is 8.00. The van der Waals surface area contributed by atoms with Gasteiger partial charge < -0.3 is 10.0 Å². The van der Waals surface area contributed by atoms with Crippen molar-refractivity contribution in [3.63, 3.8) is 0 Å². The van der Waals surface area contributed by atoms with Crippen molar-refractivity contribution in [1.29, 1.82) is 0 Å². The van der Waals surface area contributed by atoms with Gasteiger partial charge in [-0.25, -0.2) is 0 Å². The first-order valence-corrected chi connectivity index (χ1v) is 9.88. The summed E-state index contributed by atoms with van der Waals surface area (Å²) in [6.45, 7) is 1.95. The van der Waals surface area contributed by atoms with E-state index in [9.17, 15) is 9.90 Å². The SMILES string of the molecule is CN(CCc1ccccc1)C1(C(=O)N2CC[C@H](O)C2)Cc2ccccc2C1. The molecule has 1 amide bonds. The van der Waals surface area contributed by atoms with Crippen LogP contribution in [0.1, 0.15) is 23.1 Å². The van der Waals surface area contributed by atoms with E-state index in [1.54, 1.807) is 0 Å². The normalized spacial score (nSPS) is 20.9. The second-order valence-electron chi connectivity index (χ2n) is 8.00. The molecule has 0 radical (unpaired) electrons. The van der Waals surface area contributed by atoms with Gasteiger partial charge in [-0.3, -0.25) is 9.69 Å². The van der Waals surface area contributed by atoms with Crippen LogP contribution in [0.2, 0.25) is 0 Å². The number of nitrogens with zero attached hydrogens (tertiary/aromatic N) is 2. The standard InChI is InChI=1S/C23H28N2O2/c1-24(13-11-18-7-3-2-4-8-18)23(22(27)25-14-12-21(26)17-25)15-19-9-5-6-10-20(19)16-23/h2-10,21,26H,11-17H2,1H3/t21-/m0/s1. The predicted molar refractivity (Wildman–Crippen MR) is 107 cm³/mol. The van der Waals surface area contributed by atoms with Crippen molar-refractivity contribution in [2.75, 3.05) is 26.7 Å². The van der Waals surface area contributed by atoms with Crippen molar-refractivity contribution in [2.45, 2.75) is 37.3 Å². The van der Waals surface area contributed by atoms with Crippen LogP contribution in [0.4, 0.5) is 0 Å². The van der Waals surface area contributed by atoms with E-state index >= 15 is 0 Å². The molecule has 0 saturated carbocycles. The van der Waals surface area contributed by atoms with E-state index in [0.29, 0.717) is 19.5 Å². The lowest BCUT2D eigenvalue weighted by Gasteiger charge is -2.40. The zero-order valence-electron chi connectivity index (χ0n) is 16.0. The average Bonchev–Trinajstić information content (AvgIpc) is 3.30. The second kappa shape index (κ2) is 7.45. The van der Waals surface area contributed by atoms with Gasteiger partial charge in [0.25, 0.3) is 0 Å². The third-order valence-electron chi connectivity index (χ3n) is 6.24. The fourth-order valence-corrected chi connectivity index (χ4v) is 4.56. The van der Waals surface area contributed by atoms with Gasteiger partial charge in [-0.1, -0.05) is 54.6 Å². The van der Waals surface area contributed by atoms with Crippen LogP contribution >= 0.6 is 0 Å². The Labute approximate surface area is 161 Å². The predicted octanol–water partition coefficient (Wildman–Crippen LogP) is 2.29. The Bertz CT molecular complexity index is 780. The molecule has 142 valence electrons. The molecular formula is C23H28N2O2. The zero-order chi connectivity index (χ0) is 18.9. The van der Waals surface area contributed by atoms with Crippen molar-refractivity contribution in [1.82, 2.24) is 9.80 Å². The summed E-state index contributed by atoms with van der Waals surface area (Å²) in [4.78, 5) is 17.7. The lowest BCUT2D eigenvalue weighted by atomic mass is 9.91. The molecule has 1 heterocycles.